The van der Waals surface area contributed by atoms with Gasteiger partial charge in [-0.15, -0.1) is 0 Å². The van der Waals surface area contributed by atoms with Gasteiger partial charge in [0.2, 0.25) is 5.91 Å². The predicted molar refractivity (Wildman–Crippen MR) is 159 cm³/mol. The van der Waals surface area contributed by atoms with Crippen molar-refractivity contribution >= 4 is 50.9 Å². The van der Waals surface area contributed by atoms with E-state index in [9.17, 15) is 36.0 Å². The van der Waals surface area contributed by atoms with Crippen molar-refractivity contribution in [3.63, 3.8) is 0 Å². The highest BCUT2D eigenvalue weighted by molar-refractivity contribution is 7.91. The maximum atomic E-state index is 14.3. The van der Waals surface area contributed by atoms with Crippen molar-refractivity contribution in [2.24, 2.45) is 0 Å². The van der Waals surface area contributed by atoms with Crippen molar-refractivity contribution in [1.29, 1.82) is 0 Å². The smallest absolute Gasteiger partial charge is 0.416 e. The number of sulfone groups is 1. The molecule has 16 heteroatoms. The van der Waals surface area contributed by atoms with E-state index >= 15 is 0 Å². The molecule has 1 aliphatic heterocycles. The van der Waals surface area contributed by atoms with E-state index in [-0.39, 0.29) is 76.0 Å². The van der Waals surface area contributed by atoms with Gasteiger partial charge in [0.05, 0.1) is 16.2 Å². The van der Waals surface area contributed by atoms with Crippen molar-refractivity contribution < 1.29 is 41.1 Å². The number of carbonyl (C=O) groups excluding carboxylic acids is 2. The molecule has 0 aromatic heterocycles. The first-order valence-electron chi connectivity index (χ1n) is 13.8. The molecule has 4 N–H and O–H groups in total. The number of nitrogens with one attached hydrogen (secondary N) is 3. The number of likely N-dealkylation sites (tertiary alicyclic amines) is 1. The highest BCUT2D eigenvalue weighted by Gasteiger charge is 2.37. The standard InChI is InChI=1S/C28H33Cl2F3N4O6S/c1-2-44(42,43)24-7-6-19(29)11-18(24)14-36-26(39)17-12-22(28(31,32)33)21(23(30)13-17)16-37-10-4-3-5-20(37)15-35-25(38)8-9-34-27(40)41/h6-7,11-13,20,34H,2-5,8-10,14-16H2,1H3,(H,35,38)(H,36,39)(H,40,41)/t20-/m1/s1. The summed E-state index contributed by atoms with van der Waals surface area (Å²) in [7, 11) is -3.66. The Bertz CT molecular complexity index is 1490. The summed E-state index contributed by atoms with van der Waals surface area (Å²) in [6.07, 6.45) is -4.03. The third-order valence-electron chi connectivity index (χ3n) is 7.21. The van der Waals surface area contributed by atoms with Crippen molar-refractivity contribution in [2.75, 3.05) is 25.4 Å². The zero-order chi connectivity index (χ0) is 32.7. The highest BCUT2D eigenvalue weighted by Crippen LogP contribution is 2.38. The van der Waals surface area contributed by atoms with Gasteiger partial charge in [-0.2, -0.15) is 13.2 Å². The van der Waals surface area contributed by atoms with Crippen LogP contribution in [0.15, 0.2) is 35.2 Å². The quantitative estimate of drug-likeness (QED) is 0.250. The number of piperidine rings is 1. The lowest BCUT2D eigenvalue weighted by atomic mass is 9.98. The molecule has 1 fully saturated rings. The van der Waals surface area contributed by atoms with Gasteiger partial charge in [-0.05, 0) is 60.8 Å². The molecule has 44 heavy (non-hydrogen) atoms. The molecule has 0 bridgehead atoms. The SMILES string of the molecule is CCS(=O)(=O)c1ccc(Cl)cc1CNC(=O)c1cc(Cl)c(CN2CCCC[C@@H]2CNC(=O)CCNC(=O)O)c(C(F)(F)F)c1. The summed E-state index contributed by atoms with van der Waals surface area (Å²) in [4.78, 5) is 37.4. The van der Waals surface area contributed by atoms with Crippen LogP contribution in [0.4, 0.5) is 18.0 Å². The van der Waals surface area contributed by atoms with Crippen LogP contribution in [0.5, 0.6) is 0 Å². The Morgan fingerprint density at radius 1 is 1.07 bits per heavy atom. The number of amides is 3. The van der Waals surface area contributed by atoms with Crippen LogP contribution in [0, 0.1) is 0 Å². The molecule has 1 atom stereocenters. The van der Waals surface area contributed by atoms with Crippen molar-refractivity contribution in [1.82, 2.24) is 20.9 Å². The molecular formula is C28H33Cl2F3N4O6S. The van der Waals surface area contributed by atoms with E-state index in [4.69, 9.17) is 28.3 Å². The van der Waals surface area contributed by atoms with Crippen molar-refractivity contribution in [3.05, 3.63) is 62.6 Å². The fraction of sp³-hybridized carbons (Fsp3) is 0.464. The van der Waals surface area contributed by atoms with E-state index in [0.717, 1.165) is 18.9 Å². The number of halogens is 5. The van der Waals surface area contributed by atoms with Crippen LogP contribution in [-0.4, -0.2) is 67.8 Å². The van der Waals surface area contributed by atoms with Crippen molar-refractivity contribution in [2.45, 2.75) is 62.8 Å². The summed E-state index contributed by atoms with van der Waals surface area (Å²) in [5.41, 5.74) is -1.47. The van der Waals surface area contributed by atoms with Gasteiger partial charge >= 0.3 is 12.3 Å². The first-order valence-corrected chi connectivity index (χ1v) is 16.2. The summed E-state index contributed by atoms with van der Waals surface area (Å²) >= 11 is 12.4. The lowest BCUT2D eigenvalue weighted by Gasteiger charge is -2.36. The maximum absolute atomic E-state index is 14.3. The van der Waals surface area contributed by atoms with E-state index < -0.39 is 39.5 Å². The Morgan fingerprint density at radius 3 is 2.45 bits per heavy atom. The molecule has 0 aliphatic carbocycles. The normalized spacial score (nSPS) is 15.9. The Balaban J connectivity index is 1.79. The zero-order valence-corrected chi connectivity index (χ0v) is 26.1. The molecule has 242 valence electrons. The minimum atomic E-state index is -4.85. The van der Waals surface area contributed by atoms with E-state index in [0.29, 0.717) is 19.0 Å². The van der Waals surface area contributed by atoms with Crippen LogP contribution >= 0.6 is 23.2 Å². The molecule has 1 aliphatic rings. The summed E-state index contributed by atoms with van der Waals surface area (Å²) in [6.45, 7) is 1.52. The number of alkyl halides is 3. The molecule has 0 saturated carbocycles. The average Bonchev–Trinajstić information content (AvgIpc) is 2.95. The lowest BCUT2D eigenvalue weighted by Crippen LogP contribution is -2.46. The molecule has 1 saturated heterocycles. The van der Waals surface area contributed by atoms with Crippen LogP contribution in [-0.2, 0) is 33.9 Å². The molecule has 2 aromatic rings. The molecule has 0 unspecified atom stereocenters. The number of benzene rings is 2. The zero-order valence-electron chi connectivity index (χ0n) is 23.8. The molecular weight excluding hydrogens is 648 g/mol. The average molecular weight is 682 g/mol. The Labute approximate surface area is 263 Å². The van der Waals surface area contributed by atoms with E-state index in [2.05, 4.69) is 16.0 Å². The fourth-order valence-corrected chi connectivity index (χ4v) is 6.50. The van der Waals surface area contributed by atoms with Gasteiger partial charge in [0, 0.05) is 54.3 Å². The molecule has 0 radical (unpaired) electrons. The second-order valence-electron chi connectivity index (χ2n) is 10.2. The number of carboxylic acid groups (broad SMARTS) is 1. The van der Waals surface area contributed by atoms with Gasteiger partial charge in [0.25, 0.3) is 5.91 Å². The van der Waals surface area contributed by atoms with Gasteiger partial charge in [-0.25, -0.2) is 13.2 Å². The lowest BCUT2D eigenvalue weighted by molar-refractivity contribution is -0.138. The first kappa shape index (κ1) is 35.4. The Kier molecular flexibility index (Phi) is 12.3. The summed E-state index contributed by atoms with van der Waals surface area (Å²) in [5, 5.41) is 15.8. The second kappa shape index (κ2) is 15.3. The summed E-state index contributed by atoms with van der Waals surface area (Å²) in [6, 6.07) is 5.64. The van der Waals surface area contributed by atoms with Crippen LogP contribution in [0.1, 0.15) is 59.7 Å². The minimum Gasteiger partial charge on any atom is -0.465 e. The number of rotatable bonds is 12. The van der Waals surface area contributed by atoms with E-state index in [1.165, 1.54) is 25.1 Å². The Hall–Kier alpha value is -3.07. The molecule has 1 heterocycles. The van der Waals surface area contributed by atoms with Gasteiger partial charge < -0.3 is 21.1 Å². The molecule has 10 nitrogen and oxygen atoms in total. The number of hydrogen-bond acceptors (Lipinski definition) is 6. The number of carbonyl (C=O) groups is 3. The summed E-state index contributed by atoms with van der Waals surface area (Å²) in [5.74, 6) is -1.48. The molecule has 0 spiro atoms. The maximum Gasteiger partial charge on any atom is 0.416 e. The summed E-state index contributed by atoms with van der Waals surface area (Å²) < 4.78 is 67.8. The van der Waals surface area contributed by atoms with E-state index in [1.807, 2.05) is 0 Å². The van der Waals surface area contributed by atoms with Gasteiger partial charge in [-0.3, -0.25) is 14.5 Å². The molecule has 3 rings (SSSR count). The van der Waals surface area contributed by atoms with Gasteiger partial charge in [0.15, 0.2) is 9.84 Å². The largest absolute Gasteiger partial charge is 0.465 e. The second-order valence-corrected chi connectivity index (χ2v) is 13.3. The Morgan fingerprint density at radius 2 is 1.80 bits per heavy atom. The molecule has 2 aromatic carbocycles. The monoisotopic (exact) mass is 680 g/mol. The third kappa shape index (κ3) is 9.71. The van der Waals surface area contributed by atoms with Crippen LogP contribution in [0.3, 0.4) is 0 Å². The van der Waals surface area contributed by atoms with Crippen molar-refractivity contribution in [3.8, 4) is 0 Å². The predicted octanol–water partition coefficient (Wildman–Crippen LogP) is 4.86. The van der Waals surface area contributed by atoms with Gasteiger partial charge in [0.1, 0.15) is 0 Å². The highest BCUT2D eigenvalue weighted by atomic mass is 35.5. The van der Waals surface area contributed by atoms with Crippen LogP contribution in [0.25, 0.3) is 0 Å². The third-order valence-corrected chi connectivity index (χ3v) is 9.61. The molecule has 3 amide bonds. The van der Waals surface area contributed by atoms with Crippen LogP contribution < -0.4 is 16.0 Å². The van der Waals surface area contributed by atoms with Crippen LogP contribution in [0.2, 0.25) is 10.0 Å². The first-order chi connectivity index (χ1) is 20.6. The number of nitrogens with zero attached hydrogens (tertiary/aromatic N) is 1. The van der Waals surface area contributed by atoms with E-state index in [1.54, 1.807) is 4.90 Å². The fourth-order valence-electron chi connectivity index (χ4n) is 4.91. The number of hydrogen-bond donors (Lipinski definition) is 4. The van der Waals surface area contributed by atoms with Gasteiger partial charge in [-0.1, -0.05) is 36.5 Å². The minimum absolute atomic E-state index is 0.0433. The topological polar surface area (TPSA) is 145 Å².